The normalized spacial score (nSPS) is 10.4. The highest BCUT2D eigenvalue weighted by molar-refractivity contribution is 7.99. The summed E-state index contributed by atoms with van der Waals surface area (Å²) in [5.41, 5.74) is 7.35. The van der Waals surface area contributed by atoms with Crippen molar-refractivity contribution in [2.45, 2.75) is 16.7 Å². The van der Waals surface area contributed by atoms with E-state index in [0.717, 1.165) is 15.4 Å². The van der Waals surface area contributed by atoms with Crippen molar-refractivity contribution in [2.24, 2.45) is 5.73 Å². The number of hydrogen-bond donors (Lipinski definition) is 1. The summed E-state index contributed by atoms with van der Waals surface area (Å²) < 4.78 is 0. The van der Waals surface area contributed by atoms with E-state index in [1.807, 2.05) is 18.6 Å². The second-order valence-electron chi connectivity index (χ2n) is 3.15. The molecule has 2 nitrogen and oxygen atoms in total. The first kappa shape index (κ1) is 12.6. The molecule has 0 atom stereocenters. The molecule has 0 aliphatic carbocycles. The topological polar surface area (TPSA) is 43.1 Å². The van der Waals surface area contributed by atoms with Crippen LogP contribution >= 0.6 is 23.5 Å². The number of aryl methyl sites for hydroxylation is 1. The Morgan fingerprint density at radius 1 is 1.27 bits per heavy atom. The molecule has 1 aromatic rings. The van der Waals surface area contributed by atoms with E-state index in [0.29, 0.717) is 0 Å². The molecule has 0 amide bonds. The maximum absolute atomic E-state index is 11.6. The van der Waals surface area contributed by atoms with Gasteiger partial charge in [-0.25, -0.2) is 0 Å². The van der Waals surface area contributed by atoms with Crippen LogP contribution in [0, 0.1) is 6.92 Å². The molecule has 1 rings (SSSR count). The van der Waals surface area contributed by atoms with Gasteiger partial charge in [0.25, 0.3) is 0 Å². The van der Waals surface area contributed by atoms with Gasteiger partial charge in [0.05, 0.1) is 6.54 Å². The van der Waals surface area contributed by atoms with Gasteiger partial charge in [0.2, 0.25) is 0 Å². The highest BCUT2D eigenvalue weighted by Crippen LogP contribution is 2.29. The quantitative estimate of drug-likeness (QED) is 0.650. The summed E-state index contributed by atoms with van der Waals surface area (Å²) in [6, 6.07) is 4.00. The molecule has 0 heterocycles. The molecular formula is C11H15NOS2. The first-order chi connectivity index (χ1) is 7.13. The predicted octanol–water partition coefficient (Wildman–Crippen LogP) is 2.58. The molecule has 0 bridgehead atoms. The minimum Gasteiger partial charge on any atom is -0.324 e. The summed E-state index contributed by atoms with van der Waals surface area (Å²) in [5.74, 6) is 0.00894. The lowest BCUT2D eigenvalue weighted by Crippen LogP contribution is -2.14. The number of thioether (sulfide) groups is 2. The Kier molecular flexibility index (Phi) is 4.70. The van der Waals surface area contributed by atoms with Gasteiger partial charge in [-0.1, -0.05) is 0 Å². The highest BCUT2D eigenvalue weighted by atomic mass is 32.2. The van der Waals surface area contributed by atoms with Crippen molar-refractivity contribution >= 4 is 29.3 Å². The zero-order chi connectivity index (χ0) is 11.4. The molecule has 15 heavy (non-hydrogen) atoms. The van der Waals surface area contributed by atoms with E-state index in [1.54, 1.807) is 23.5 Å². The van der Waals surface area contributed by atoms with E-state index < -0.39 is 0 Å². The lowest BCUT2D eigenvalue weighted by Gasteiger charge is -2.10. The van der Waals surface area contributed by atoms with Crippen LogP contribution in [0.15, 0.2) is 21.9 Å². The third kappa shape index (κ3) is 2.77. The summed E-state index contributed by atoms with van der Waals surface area (Å²) in [6.07, 6.45) is 3.98. The number of carbonyl (C=O) groups is 1. The van der Waals surface area contributed by atoms with E-state index in [2.05, 4.69) is 13.0 Å². The van der Waals surface area contributed by atoms with Gasteiger partial charge in [-0.15, -0.1) is 23.5 Å². The number of nitrogens with two attached hydrogens (primary N) is 1. The lowest BCUT2D eigenvalue weighted by molar-refractivity contribution is 0.0998. The van der Waals surface area contributed by atoms with E-state index in [-0.39, 0.29) is 12.3 Å². The fraction of sp³-hybridized carbons (Fsp3) is 0.364. The Labute approximate surface area is 99.0 Å². The largest absolute Gasteiger partial charge is 0.324 e. The number of benzene rings is 1. The summed E-state index contributed by atoms with van der Waals surface area (Å²) in [7, 11) is 0. The van der Waals surface area contributed by atoms with Crippen LogP contribution in [0.4, 0.5) is 0 Å². The van der Waals surface area contributed by atoms with Gasteiger partial charge >= 0.3 is 0 Å². The average molecular weight is 241 g/mol. The van der Waals surface area contributed by atoms with Crippen molar-refractivity contribution in [3.63, 3.8) is 0 Å². The highest BCUT2D eigenvalue weighted by Gasteiger charge is 2.12. The Morgan fingerprint density at radius 2 is 1.87 bits per heavy atom. The minimum atomic E-state index is 0.00894. The van der Waals surface area contributed by atoms with Gasteiger partial charge in [-0.05, 0) is 37.1 Å². The predicted molar refractivity (Wildman–Crippen MR) is 68.1 cm³/mol. The van der Waals surface area contributed by atoms with Gasteiger partial charge < -0.3 is 5.73 Å². The molecule has 0 unspecified atom stereocenters. The van der Waals surface area contributed by atoms with E-state index in [4.69, 9.17) is 5.73 Å². The summed E-state index contributed by atoms with van der Waals surface area (Å²) in [4.78, 5) is 13.8. The summed E-state index contributed by atoms with van der Waals surface area (Å²) in [6.45, 7) is 2.13. The Hall–Kier alpha value is -0.450. The first-order valence-electron chi connectivity index (χ1n) is 4.60. The molecule has 4 heteroatoms. The molecule has 0 aromatic heterocycles. The smallest absolute Gasteiger partial charge is 0.177 e. The fourth-order valence-corrected chi connectivity index (χ4v) is 2.68. The first-order valence-corrected chi connectivity index (χ1v) is 7.04. The fourth-order valence-electron chi connectivity index (χ4n) is 1.38. The van der Waals surface area contributed by atoms with Crippen molar-refractivity contribution in [3.05, 3.63) is 23.3 Å². The van der Waals surface area contributed by atoms with Crippen LogP contribution in [0.25, 0.3) is 0 Å². The van der Waals surface area contributed by atoms with Crippen LogP contribution in [0.3, 0.4) is 0 Å². The maximum Gasteiger partial charge on any atom is 0.177 e. The molecule has 0 aliphatic rings. The molecule has 0 aliphatic heterocycles. The zero-order valence-electron chi connectivity index (χ0n) is 9.16. The van der Waals surface area contributed by atoms with Crippen LogP contribution in [0.5, 0.6) is 0 Å². The molecule has 2 N–H and O–H groups in total. The third-order valence-corrected chi connectivity index (χ3v) is 3.86. The van der Waals surface area contributed by atoms with E-state index in [1.165, 1.54) is 5.56 Å². The number of ketones is 1. The third-order valence-electron chi connectivity index (χ3n) is 2.20. The molecule has 0 radical (unpaired) electrons. The van der Waals surface area contributed by atoms with Crippen molar-refractivity contribution in [1.29, 1.82) is 0 Å². The monoisotopic (exact) mass is 241 g/mol. The van der Waals surface area contributed by atoms with Crippen molar-refractivity contribution in [1.82, 2.24) is 0 Å². The van der Waals surface area contributed by atoms with E-state index >= 15 is 0 Å². The van der Waals surface area contributed by atoms with Gasteiger partial charge in [0, 0.05) is 15.4 Å². The molecule has 0 spiro atoms. The molecule has 0 saturated heterocycles. The van der Waals surface area contributed by atoms with Gasteiger partial charge in [-0.3, -0.25) is 4.79 Å². The van der Waals surface area contributed by atoms with Gasteiger partial charge in [0.1, 0.15) is 0 Å². The molecule has 1 aromatic carbocycles. The van der Waals surface area contributed by atoms with Crippen LogP contribution in [0.1, 0.15) is 15.9 Å². The number of carbonyl (C=O) groups excluding carboxylic acids is 1. The summed E-state index contributed by atoms with van der Waals surface area (Å²) in [5, 5.41) is 0. The van der Waals surface area contributed by atoms with Crippen LogP contribution in [-0.4, -0.2) is 24.8 Å². The van der Waals surface area contributed by atoms with Crippen molar-refractivity contribution in [2.75, 3.05) is 19.1 Å². The van der Waals surface area contributed by atoms with E-state index in [9.17, 15) is 4.79 Å². The standard InChI is InChI=1S/C11H15NOS2/c1-7-4-11(15-3)8(9(13)6-12)5-10(7)14-2/h4-5H,6,12H2,1-3H3. The number of hydrogen-bond acceptors (Lipinski definition) is 4. The van der Waals surface area contributed by atoms with Crippen molar-refractivity contribution in [3.8, 4) is 0 Å². The lowest BCUT2D eigenvalue weighted by atomic mass is 10.1. The molecule has 0 fully saturated rings. The van der Waals surface area contributed by atoms with Gasteiger partial charge in [-0.2, -0.15) is 0 Å². The van der Waals surface area contributed by atoms with Crippen LogP contribution in [0.2, 0.25) is 0 Å². The molecule has 0 saturated carbocycles. The Balaban J connectivity index is 3.28. The number of Topliss-reactive ketones (excluding diaryl/α,β-unsaturated/α-hetero) is 1. The summed E-state index contributed by atoms with van der Waals surface area (Å²) >= 11 is 3.24. The minimum absolute atomic E-state index is 0.00894. The zero-order valence-corrected chi connectivity index (χ0v) is 10.8. The molecular weight excluding hydrogens is 226 g/mol. The van der Waals surface area contributed by atoms with Crippen molar-refractivity contribution < 1.29 is 4.79 Å². The Bertz CT molecular complexity index is 377. The SMILES string of the molecule is CSc1cc(C(=O)CN)c(SC)cc1C. The molecule has 82 valence electrons. The second-order valence-corrected chi connectivity index (χ2v) is 4.85. The van der Waals surface area contributed by atoms with Crippen LogP contribution in [-0.2, 0) is 0 Å². The average Bonchev–Trinajstić information content (AvgIpc) is 2.27. The van der Waals surface area contributed by atoms with Gasteiger partial charge in [0.15, 0.2) is 5.78 Å². The Morgan fingerprint density at radius 3 is 2.33 bits per heavy atom. The maximum atomic E-state index is 11.6. The number of rotatable bonds is 4. The second kappa shape index (κ2) is 5.58. The van der Waals surface area contributed by atoms with Crippen LogP contribution < -0.4 is 5.73 Å².